The Morgan fingerprint density at radius 2 is 1.88 bits per heavy atom. The van der Waals surface area contributed by atoms with Crippen LogP contribution in [0.1, 0.15) is 56.0 Å². The number of benzene rings is 1. The van der Waals surface area contributed by atoms with Crippen molar-refractivity contribution in [1.29, 1.82) is 0 Å². The number of hydrogen-bond acceptors (Lipinski definition) is 1. The SMILES string of the molecule is [2H]C([2H])([2H])C([2H])([2H])C([2H])([2H])N(C(=O)c1ccc(F)cc1)C([2H])([2H])C([2H])([2H])C([2H])([2H])[2H]. The first kappa shape index (κ1) is 3.31. The lowest BCUT2D eigenvalue weighted by Gasteiger charge is -2.21. The van der Waals surface area contributed by atoms with Crippen molar-refractivity contribution in [1.82, 2.24) is 4.90 Å². The van der Waals surface area contributed by atoms with E-state index < -0.39 is 61.6 Å². The standard InChI is InChI=1S/C13H18FNO/c1-3-9-15(10-4-2)13(16)11-5-7-12(14)8-6-11/h5-8H,3-4,9-10H2,1-2H3/i1D3,2D3,3D2,4D2,9D2,10D2. The average Bonchev–Trinajstić information content (AvgIpc) is 2.52. The average molecular weight is 237 g/mol. The van der Waals surface area contributed by atoms with Crippen molar-refractivity contribution >= 4 is 5.91 Å². The quantitative estimate of drug-likeness (QED) is 0.770. The van der Waals surface area contributed by atoms with Crippen molar-refractivity contribution in [2.24, 2.45) is 0 Å². The number of hydrogen-bond donors (Lipinski definition) is 0. The molecule has 0 N–H and O–H groups in total. The molecule has 1 aromatic carbocycles. The molecular weight excluding hydrogens is 205 g/mol. The monoisotopic (exact) mass is 237 g/mol. The Kier molecular flexibility index (Phi) is 1.29. The van der Waals surface area contributed by atoms with Crippen molar-refractivity contribution in [3.05, 3.63) is 35.6 Å². The lowest BCUT2D eigenvalue weighted by atomic mass is 10.2. The van der Waals surface area contributed by atoms with E-state index in [0.717, 1.165) is 12.1 Å². The van der Waals surface area contributed by atoms with Gasteiger partial charge in [0.25, 0.3) is 5.91 Å². The van der Waals surface area contributed by atoms with Crippen LogP contribution in [0.15, 0.2) is 24.3 Å². The van der Waals surface area contributed by atoms with E-state index in [-0.39, 0.29) is 0 Å². The zero-order valence-electron chi connectivity index (χ0n) is 22.0. The third kappa shape index (κ3) is 3.33. The van der Waals surface area contributed by atoms with Gasteiger partial charge in [0.1, 0.15) is 5.82 Å². The Labute approximate surface area is 116 Å². The van der Waals surface area contributed by atoms with Crippen LogP contribution in [-0.4, -0.2) is 23.8 Å². The molecule has 0 aliphatic heterocycles. The van der Waals surface area contributed by atoms with Crippen molar-refractivity contribution in [3.63, 3.8) is 0 Å². The second-order valence-corrected chi connectivity index (χ2v) is 2.62. The highest BCUT2D eigenvalue weighted by Gasteiger charge is 2.13. The van der Waals surface area contributed by atoms with Gasteiger partial charge in [-0.2, -0.15) is 0 Å². The zero-order valence-corrected chi connectivity index (χ0v) is 8.04. The highest BCUT2D eigenvalue weighted by atomic mass is 19.1. The fraction of sp³-hybridized carbons (Fsp3) is 0.462. The molecule has 2 nitrogen and oxygen atoms in total. The summed E-state index contributed by atoms with van der Waals surface area (Å²) in [5.74, 6) is -2.63. The molecule has 16 heavy (non-hydrogen) atoms. The lowest BCUT2D eigenvalue weighted by Crippen LogP contribution is -2.32. The van der Waals surface area contributed by atoms with Crippen LogP contribution >= 0.6 is 0 Å². The lowest BCUT2D eigenvalue weighted by molar-refractivity contribution is 0.0755. The Bertz CT molecular complexity index is 745. The summed E-state index contributed by atoms with van der Waals surface area (Å²) in [7, 11) is 0. The fourth-order valence-electron chi connectivity index (χ4n) is 0.963. The molecule has 0 aromatic heterocycles. The second kappa shape index (κ2) is 6.26. The van der Waals surface area contributed by atoms with Crippen LogP contribution in [0, 0.1) is 5.82 Å². The van der Waals surface area contributed by atoms with E-state index in [9.17, 15) is 9.18 Å². The summed E-state index contributed by atoms with van der Waals surface area (Å²) in [4.78, 5) is 12.2. The van der Waals surface area contributed by atoms with E-state index in [1.54, 1.807) is 0 Å². The van der Waals surface area contributed by atoms with Gasteiger partial charge in [0.05, 0.1) is 0 Å². The van der Waals surface area contributed by atoms with E-state index in [2.05, 4.69) is 0 Å². The summed E-state index contributed by atoms with van der Waals surface area (Å²) < 4.78 is 119. The highest BCUT2D eigenvalue weighted by molar-refractivity contribution is 5.94. The summed E-state index contributed by atoms with van der Waals surface area (Å²) in [6.45, 7) is -15.7. The van der Waals surface area contributed by atoms with Crippen LogP contribution in [0.4, 0.5) is 4.39 Å². The van der Waals surface area contributed by atoms with Crippen molar-refractivity contribution in [2.45, 2.75) is 26.4 Å². The second-order valence-electron chi connectivity index (χ2n) is 2.62. The molecule has 0 heterocycles. The normalized spacial score (nSPS) is 28.3. The van der Waals surface area contributed by atoms with E-state index in [1.807, 2.05) is 0 Å². The molecule has 1 rings (SSSR count). The highest BCUT2D eigenvalue weighted by Crippen LogP contribution is 2.08. The fourth-order valence-corrected chi connectivity index (χ4v) is 0.963. The van der Waals surface area contributed by atoms with Gasteiger partial charge < -0.3 is 4.90 Å². The van der Waals surface area contributed by atoms with Gasteiger partial charge in [0.15, 0.2) is 0 Å². The smallest absolute Gasteiger partial charge is 0.253 e. The van der Waals surface area contributed by atoms with E-state index in [4.69, 9.17) is 19.2 Å². The maximum Gasteiger partial charge on any atom is 0.253 e. The van der Waals surface area contributed by atoms with E-state index >= 15 is 0 Å². The summed E-state index contributed by atoms with van der Waals surface area (Å²) in [6, 6.07) is 2.92. The summed E-state index contributed by atoms with van der Waals surface area (Å²) in [6.07, 6.45) is -7.93. The first-order chi connectivity index (χ1) is 13.0. The molecule has 0 aliphatic rings. The molecule has 0 radical (unpaired) electrons. The molecule has 1 amide bonds. The third-order valence-corrected chi connectivity index (χ3v) is 1.63. The molecule has 0 bridgehead atoms. The van der Waals surface area contributed by atoms with Crippen LogP contribution in [-0.2, 0) is 0 Å². The van der Waals surface area contributed by atoms with Gasteiger partial charge in [-0.3, -0.25) is 4.79 Å². The predicted octanol–water partition coefficient (Wildman–Crippen LogP) is 3.09. The molecule has 0 unspecified atom stereocenters. The predicted molar refractivity (Wildman–Crippen MR) is 62.9 cm³/mol. The topological polar surface area (TPSA) is 20.3 Å². The third-order valence-electron chi connectivity index (χ3n) is 1.63. The number of carbonyl (C=O) groups excluding carboxylic acids is 1. The van der Waals surface area contributed by atoms with Crippen LogP contribution in [0.25, 0.3) is 0 Å². The molecule has 3 heteroatoms. The number of nitrogens with zero attached hydrogens (tertiary/aromatic N) is 1. The minimum atomic E-state index is -4.08. The maximum absolute atomic E-state index is 13.2. The van der Waals surface area contributed by atoms with Gasteiger partial charge in [0, 0.05) is 37.7 Å². The largest absolute Gasteiger partial charge is 0.339 e. The summed E-state index contributed by atoms with van der Waals surface area (Å²) >= 11 is 0. The molecule has 0 aliphatic carbocycles. The number of rotatable bonds is 5. The minimum Gasteiger partial charge on any atom is -0.339 e. The van der Waals surface area contributed by atoms with Crippen molar-refractivity contribution in [3.8, 4) is 0 Å². The van der Waals surface area contributed by atoms with Crippen LogP contribution < -0.4 is 0 Å². The van der Waals surface area contributed by atoms with Gasteiger partial charge in [0.2, 0.25) is 0 Å². The number of carbonyl (C=O) groups is 1. The molecular formula is C13H18FNO. The minimum absolute atomic E-state index is 0.660. The van der Waals surface area contributed by atoms with E-state index in [1.165, 1.54) is 0 Å². The Morgan fingerprint density at radius 3 is 2.38 bits per heavy atom. The number of amides is 1. The molecule has 88 valence electrons. The molecule has 0 atom stereocenters. The Balaban J connectivity index is 3.86. The van der Waals surface area contributed by atoms with Gasteiger partial charge in [-0.05, 0) is 37.0 Å². The van der Waals surface area contributed by atoms with Crippen LogP contribution in [0.3, 0.4) is 0 Å². The molecule has 1 aromatic rings. The van der Waals surface area contributed by atoms with Gasteiger partial charge >= 0.3 is 0 Å². The van der Waals surface area contributed by atoms with Gasteiger partial charge in [-0.25, -0.2) is 4.39 Å². The molecule has 0 saturated heterocycles. The molecule has 0 spiro atoms. The number of halogens is 1. The first-order valence-electron chi connectivity index (χ1n) is 11.1. The Morgan fingerprint density at radius 1 is 1.31 bits per heavy atom. The van der Waals surface area contributed by atoms with Crippen molar-refractivity contribution in [2.75, 3.05) is 13.0 Å². The van der Waals surface area contributed by atoms with Crippen molar-refractivity contribution < 1.29 is 28.4 Å². The first-order valence-corrected chi connectivity index (χ1v) is 4.14. The van der Waals surface area contributed by atoms with E-state index in [0.29, 0.717) is 12.1 Å². The van der Waals surface area contributed by atoms with Gasteiger partial charge in [-0.1, -0.05) is 13.7 Å². The van der Waals surface area contributed by atoms with Gasteiger partial charge in [-0.15, -0.1) is 0 Å². The molecule has 0 saturated carbocycles. The zero-order chi connectivity index (χ0) is 24.1. The summed E-state index contributed by atoms with van der Waals surface area (Å²) in [5.41, 5.74) is -0.660. The van der Waals surface area contributed by atoms with Crippen LogP contribution in [0.5, 0.6) is 0 Å². The Hall–Kier alpha value is -1.38. The maximum atomic E-state index is 13.2. The summed E-state index contributed by atoms with van der Waals surface area (Å²) in [5, 5.41) is 0. The molecule has 0 fully saturated rings. The van der Waals surface area contributed by atoms with Crippen LogP contribution in [0.2, 0.25) is 0 Å².